The van der Waals surface area contributed by atoms with Crippen molar-refractivity contribution >= 4 is 33.8 Å². The molecule has 0 heterocycles. The van der Waals surface area contributed by atoms with E-state index in [4.69, 9.17) is 13.0 Å². The molecule has 0 unspecified atom stereocenters. The number of rotatable bonds is 6. The monoisotopic (exact) mass is 240 g/mol. The van der Waals surface area contributed by atoms with E-state index in [0.717, 1.165) is 12.6 Å². The van der Waals surface area contributed by atoms with Gasteiger partial charge in [0.15, 0.2) is 0 Å². The molecule has 1 rings (SSSR count). The van der Waals surface area contributed by atoms with Crippen LogP contribution in [0.1, 0.15) is 25.3 Å². The van der Waals surface area contributed by atoms with Crippen molar-refractivity contribution in [1.82, 2.24) is 0 Å². The Morgan fingerprint density at radius 2 is 1.94 bits per heavy atom. The van der Waals surface area contributed by atoms with Gasteiger partial charge in [-0.3, -0.25) is 4.79 Å². The molecule has 0 saturated carbocycles. The third kappa shape index (κ3) is 10.1. The van der Waals surface area contributed by atoms with Crippen LogP contribution in [0.4, 0.5) is 0 Å². The zero-order valence-electron chi connectivity index (χ0n) is 11.2. The first-order chi connectivity index (χ1) is 8.60. The second-order valence-electron chi connectivity index (χ2n) is 4.02. The van der Waals surface area contributed by atoms with Crippen LogP contribution in [0.25, 0.3) is 0 Å². The highest BCUT2D eigenvalue weighted by Crippen LogP contribution is 1.92. The average Bonchev–Trinajstić information content (AvgIpc) is 2.33. The number of carboxylic acid groups (broad SMARTS) is 1. The maximum Gasteiger partial charge on any atom is 0.303 e. The molecule has 1 aromatic carbocycles. The predicted octanol–water partition coefficient (Wildman–Crippen LogP) is 1.82. The zero-order chi connectivity index (χ0) is 13.8. The lowest BCUT2D eigenvalue weighted by Gasteiger charge is -1.98. The summed E-state index contributed by atoms with van der Waals surface area (Å²) in [5, 5.41) is 7.91. The van der Waals surface area contributed by atoms with Gasteiger partial charge in [-0.15, -0.1) is 12.4 Å². The summed E-state index contributed by atoms with van der Waals surface area (Å²) in [6.45, 7) is 3.93. The highest BCUT2D eigenvalue weighted by molar-refractivity contribution is 6.67. The van der Waals surface area contributed by atoms with Crippen LogP contribution in [0.2, 0.25) is 12.4 Å². The van der Waals surface area contributed by atoms with Gasteiger partial charge in [0.2, 0.25) is 0 Å². The van der Waals surface area contributed by atoms with Crippen LogP contribution in [-0.2, 0) is 4.79 Å². The largest absolute Gasteiger partial charge is 0.481 e. The van der Waals surface area contributed by atoms with E-state index < -0.39 is 5.97 Å². The molecule has 0 saturated heterocycles. The fourth-order valence-electron chi connectivity index (χ4n) is 1.23. The van der Waals surface area contributed by atoms with Crippen LogP contribution in [0.5, 0.6) is 0 Å². The summed E-state index contributed by atoms with van der Waals surface area (Å²) in [5.41, 5.74) is 2.57. The Morgan fingerprint density at radius 3 is 2.33 bits per heavy atom. The van der Waals surface area contributed by atoms with Crippen molar-refractivity contribution in [3.05, 3.63) is 29.8 Å². The first-order valence-electron chi connectivity index (χ1n) is 6.23. The van der Waals surface area contributed by atoms with Gasteiger partial charge < -0.3 is 5.11 Å². The molecule has 18 heavy (non-hydrogen) atoms. The van der Waals surface area contributed by atoms with Crippen molar-refractivity contribution in [2.24, 2.45) is 0 Å². The smallest absolute Gasteiger partial charge is 0.303 e. The van der Waals surface area contributed by atoms with Crippen LogP contribution in [0.15, 0.2) is 24.3 Å². The molecule has 1 N–H and O–H groups in total. The SMILES string of the molecule is CCCC(=O)O.[B]C[B]C[B]c1ccc(C)cc1. The van der Waals surface area contributed by atoms with E-state index in [-0.39, 0.29) is 0 Å². The number of aryl methyl sites for hydroxylation is 1. The van der Waals surface area contributed by atoms with E-state index in [2.05, 4.69) is 45.7 Å². The fourth-order valence-corrected chi connectivity index (χ4v) is 1.23. The Hall–Kier alpha value is -1.12. The van der Waals surface area contributed by atoms with E-state index >= 15 is 0 Å². The van der Waals surface area contributed by atoms with Crippen molar-refractivity contribution in [3.8, 4) is 0 Å². The standard InChI is InChI=1S/C9H11B3.C4H8O2/c1-8-2-4-9(5-3-8)12-7-11-6-10;1-2-3-4(5)6/h2-5H,6-7H2,1H3;2-3H2,1H3,(H,5,6). The summed E-state index contributed by atoms with van der Waals surface area (Å²) in [6.07, 6.45) is 2.64. The van der Waals surface area contributed by atoms with Crippen LogP contribution in [-0.4, -0.2) is 33.5 Å². The molecule has 0 aliphatic carbocycles. The minimum Gasteiger partial charge on any atom is -0.481 e. The van der Waals surface area contributed by atoms with Gasteiger partial charge in [-0.05, 0) is 13.3 Å². The molecule has 0 aliphatic rings. The molecule has 0 fully saturated rings. The molecule has 4 radical (unpaired) electrons. The Balaban J connectivity index is 0.000000411. The molecule has 1 aromatic rings. The number of aliphatic carboxylic acids is 1. The van der Waals surface area contributed by atoms with Crippen LogP contribution in [0, 0.1) is 6.92 Å². The molecule has 5 heteroatoms. The van der Waals surface area contributed by atoms with E-state index in [9.17, 15) is 4.79 Å². The third-order valence-electron chi connectivity index (χ3n) is 2.23. The van der Waals surface area contributed by atoms with Gasteiger partial charge in [0, 0.05) is 6.42 Å². The molecule has 0 amide bonds. The minimum absolute atomic E-state index is 0.292. The lowest BCUT2D eigenvalue weighted by molar-refractivity contribution is -0.137. The van der Waals surface area contributed by atoms with E-state index in [1.54, 1.807) is 0 Å². The molecule has 0 atom stereocenters. The summed E-state index contributed by atoms with van der Waals surface area (Å²) >= 11 is 0. The number of benzene rings is 1. The van der Waals surface area contributed by atoms with Gasteiger partial charge in [0.1, 0.15) is 7.28 Å². The molecular formula is C13H19B3O2. The lowest BCUT2D eigenvalue weighted by Crippen LogP contribution is -2.15. The van der Waals surface area contributed by atoms with Crippen molar-refractivity contribution in [1.29, 1.82) is 0 Å². The van der Waals surface area contributed by atoms with Crippen molar-refractivity contribution in [2.75, 3.05) is 0 Å². The van der Waals surface area contributed by atoms with Crippen LogP contribution >= 0.6 is 0 Å². The molecule has 92 valence electrons. The molecular weight excluding hydrogens is 221 g/mol. The molecule has 0 bridgehead atoms. The van der Waals surface area contributed by atoms with Crippen molar-refractivity contribution in [2.45, 2.75) is 39.1 Å². The van der Waals surface area contributed by atoms with Gasteiger partial charge in [-0.1, -0.05) is 42.2 Å². The maximum atomic E-state index is 9.60. The summed E-state index contributed by atoms with van der Waals surface area (Å²) in [6, 6.07) is 8.49. The number of hydrogen-bond acceptors (Lipinski definition) is 1. The number of carboxylic acids is 1. The Kier molecular flexibility index (Phi) is 10.3. The molecule has 0 spiro atoms. The van der Waals surface area contributed by atoms with Crippen LogP contribution < -0.4 is 5.46 Å². The molecule has 0 aliphatic heterocycles. The Bertz CT molecular complexity index is 326. The lowest BCUT2D eigenvalue weighted by atomic mass is 9.48. The van der Waals surface area contributed by atoms with Crippen molar-refractivity contribution < 1.29 is 9.90 Å². The van der Waals surface area contributed by atoms with Crippen molar-refractivity contribution in [3.63, 3.8) is 0 Å². The average molecular weight is 240 g/mol. The predicted molar refractivity (Wildman–Crippen MR) is 80.2 cm³/mol. The van der Waals surface area contributed by atoms with E-state index in [1.165, 1.54) is 11.0 Å². The summed E-state index contributed by atoms with van der Waals surface area (Å²) in [7, 11) is 9.57. The third-order valence-corrected chi connectivity index (χ3v) is 2.23. The van der Waals surface area contributed by atoms with Gasteiger partial charge in [0.05, 0.1) is 15.1 Å². The minimum atomic E-state index is -0.711. The topological polar surface area (TPSA) is 37.3 Å². The summed E-state index contributed by atoms with van der Waals surface area (Å²) in [5.74, 6) is -0.711. The Labute approximate surface area is 113 Å². The van der Waals surface area contributed by atoms with E-state index in [0.29, 0.717) is 12.6 Å². The first-order valence-corrected chi connectivity index (χ1v) is 6.23. The highest BCUT2D eigenvalue weighted by Gasteiger charge is 1.94. The van der Waals surface area contributed by atoms with Crippen LogP contribution in [0.3, 0.4) is 0 Å². The summed E-state index contributed by atoms with van der Waals surface area (Å²) in [4.78, 5) is 9.60. The Morgan fingerprint density at radius 1 is 1.33 bits per heavy atom. The van der Waals surface area contributed by atoms with E-state index in [1.807, 2.05) is 6.92 Å². The van der Waals surface area contributed by atoms with Gasteiger partial charge >= 0.3 is 5.97 Å². The fraction of sp³-hybridized carbons (Fsp3) is 0.462. The van der Waals surface area contributed by atoms with Gasteiger partial charge in [0.25, 0.3) is 0 Å². The first kappa shape index (κ1) is 16.9. The second kappa shape index (κ2) is 11.0. The maximum absolute atomic E-state index is 9.60. The zero-order valence-corrected chi connectivity index (χ0v) is 11.2. The quantitative estimate of drug-likeness (QED) is 0.608. The molecule has 0 aromatic heterocycles. The van der Waals surface area contributed by atoms with Gasteiger partial charge in [-0.2, -0.15) is 0 Å². The molecule has 2 nitrogen and oxygen atoms in total. The number of carbonyl (C=O) groups is 1. The summed E-state index contributed by atoms with van der Waals surface area (Å²) < 4.78 is 0. The second-order valence-corrected chi connectivity index (χ2v) is 4.02. The number of hydrogen-bond donors (Lipinski definition) is 1. The van der Waals surface area contributed by atoms with Gasteiger partial charge in [-0.25, -0.2) is 0 Å². The highest BCUT2D eigenvalue weighted by atomic mass is 16.4. The normalized spacial score (nSPS) is 9.00.